The Labute approximate surface area is 79.9 Å². The van der Waals surface area contributed by atoms with Gasteiger partial charge in [0.05, 0.1) is 0 Å². The quantitative estimate of drug-likeness (QED) is 0.661. The Morgan fingerprint density at radius 3 is 2.46 bits per heavy atom. The molecule has 1 nitrogen and oxygen atoms in total. The lowest BCUT2D eigenvalue weighted by Crippen LogP contribution is -2.03. The molecule has 13 heavy (non-hydrogen) atoms. The van der Waals surface area contributed by atoms with Crippen LogP contribution in [0.3, 0.4) is 0 Å². The Balaban J connectivity index is 3.30. The molecule has 1 rings (SSSR count). The molecular weight excluding hydrogens is 179 g/mol. The Morgan fingerprint density at radius 2 is 2.00 bits per heavy atom. The predicted molar refractivity (Wildman–Crippen MR) is 60.4 cm³/mol. The number of rotatable bonds is 2. The topological polar surface area (TPSA) is 17.1 Å². The molecule has 1 aromatic carbocycles. The van der Waals surface area contributed by atoms with Crippen LogP contribution in [-0.4, -0.2) is 13.3 Å². The van der Waals surface area contributed by atoms with Gasteiger partial charge in [0, 0.05) is 5.30 Å². The molecule has 0 aromatic heterocycles. The van der Waals surface area contributed by atoms with Crippen LogP contribution in [0, 0.1) is 6.92 Å². The van der Waals surface area contributed by atoms with E-state index in [4.69, 9.17) is 0 Å². The molecule has 2 heteroatoms. The van der Waals surface area contributed by atoms with E-state index >= 15 is 0 Å². The highest BCUT2D eigenvalue weighted by Gasteiger charge is 2.11. The predicted octanol–water partition coefficient (Wildman–Crippen LogP) is 2.89. The van der Waals surface area contributed by atoms with Gasteiger partial charge in [-0.25, -0.2) is 0 Å². The fourth-order valence-electron chi connectivity index (χ4n) is 1.18. The first-order valence-electron chi connectivity index (χ1n) is 4.24. The summed E-state index contributed by atoms with van der Waals surface area (Å²) in [6, 6.07) is 5.89. The lowest BCUT2D eigenvalue weighted by molar-refractivity contribution is 0.588. The molecule has 0 atom stereocenters. The fraction of sp³-hybridized carbons (Fsp3) is 0.273. The summed E-state index contributed by atoms with van der Waals surface area (Å²) in [6.45, 7) is 9.31. The molecular formula is C11H15OP. The summed E-state index contributed by atoms with van der Waals surface area (Å²) in [4.78, 5) is 0. The van der Waals surface area contributed by atoms with Crippen molar-refractivity contribution in [3.63, 3.8) is 0 Å². The van der Waals surface area contributed by atoms with Crippen molar-refractivity contribution in [1.29, 1.82) is 0 Å². The zero-order valence-corrected chi connectivity index (χ0v) is 9.27. The van der Waals surface area contributed by atoms with E-state index in [1.54, 1.807) is 19.4 Å². The zero-order valence-electron chi connectivity index (χ0n) is 8.37. The van der Waals surface area contributed by atoms with Crippen LogP contribution < -0.4 is 5.30 Å². The molecule has 0 aliphatic heterocycles. The maximum Gasteiger partial charge on any atom is 0.109 e. The molecule has 0 fully saturated rings. The van der Waals surface area contributed by atoms with Crippen LogP contribution in [0.4, 0.5) is 0 Å². The molecule has 0 saturated heterocycles. The number of hydrogen-bond donors (Lipinski definition) is 0. The molecule has 0 bridgehead atoms. The normalized spacial score (nSPS) is 11.3. The van der Waals surface area contributed by atoms with Crippen molar-refractivity contribution < 1.29 is 4.57 Å². The summed E-state index contributed by atoms with van der Waals surface area (Å²) >= 11 is 0. The van der Waals surface area contributed by atoms with Crippen LogP contribution >= 0.6 is 7.14 Å². The molecule has 0 heterocycles. The number of aryl methyl sites for hydroxylation is 1. The summed E-state index contributed by atoms with van der Waals surface area (Å²) < 4.78 is 11.8. The summed E-state index contributed by atoms with van der Waals surface area (Å²) in [5, 5.41) is 0.924. The Kier molecular flexibility index (Phi) is 2.77. The van der Waals surface area contributed by atoms with Gasteiger partial charge in [-0.3, -0.25) is 0 Å². The third kappa shape index (κ3) is 2.32. The molecule has 70 valence electrons. The van der Waals surface area contributed by atoms with Gasteiger partial charge in [-0.2, -0.15) is 0 Å². The Hall–Kier alpha value is -0.810. The van der Waals surface area contributed by atoms with Crippen molar-refractivity contribution in [2.45, 2.75) is 6.92 Å². The van der Waals surface area contributed by atoms with E-state index in [2.05, 4.69) is 6.58 Å². The highest BCUT2D eigenvalue weighted by molar-refractivity contribution is 7.70. The van der Waals surface area contributed by atoms with Crippen LogP contribution in [0.15, 0.2) is 24.8 Å². The first-order valence-corrected chi connectivity index (χ1v) is 6.84. The van der Waals surface area contributed by atoms with Crippen LogP contribution in [0.25, 0.3) is 6.08 Å². The molecule has 0 amide bonds. The van der Waals surface area contributed by atoms with Crippen molar-refractivity contribution in [2.75, 3.05) is 13.3 Å². The second kappa shape index (κ2) is 3.51. The second-order valence-corrected chi connectivity index (χ2v) is 6.81. The molecule has 0 saturated carbocycles. The Bertz CT molecular complexity index is 374. The third-order valence-electron chi connectivity index (χ3n) is 2.10. The lowest BCUT2D eigenvalue weighted by Gasteiger charge is -2.09. The van der Waals surface area contributed by atoms with E-state index in [1.807, 2.05) is 25.1 Å². The van der Waals surface area contributed by atoms with Gasteiger partial charge < -0.3 is 4.57 Å². The first kappa shape index (κ1) is 10.3. The van der Waals surface area contributed by atoms with Crippen LogP contribution in [0.5, 0.6) is 0 Å². The number of benzene rings is 1. The summed E-state index contributed by atoms with van der Waals surface area (Å²) in [6.07, 6.45) is 1.80. The number of hydrogen-bond acceptors (Lipinski definition) is 1. The largest absolute Gasteiger partial charge is 0.319 e. The van der Waals surface area contributed by atoms with E-state index in [9.17, 15) is 4.57 Å². The van der Waals surface area contributed by atoms with Crippen molar-refractivity contribution in [2.24, 2.45) is 0 Å². The smallest absolute Gasteiger partial charge is 0.109 e. The van der Waals surface area contributed by atoms with Crippen molar-refractivity contribution in [3.05, 3.63) is 35.9 Å². The van der Waals surface area contributed by atoms with Gasteiger partial charge in [0.2, 0.25) is 0 Å². The summed E-state index contributed by atoms with van der Waals surface area (Å²) in [5.41, 5.74) is 2.24. The van der Waals surface area contributed by atoms with Gasteiger partial charge >= 0.3 is 0 Å². The molecule has 0 aliphatic rings. The minimum atomic E-state index is -2.13. The molecule has 0 N–H and O–H groups in total. The second-order valence-electron chi connectivity index (χ2n) is 3.60. The Morgan fingerprint density at radius 1 is 1.38 bits per heavy atom. The van der Waals surface area contributed by atoms with Crippen molar-refractivity contribution in [3.8, 4) is 0 Å². The highest BCUT2D eigenvalue weighted by atomic mass is 31.2. The maximum absolute atomic E-state index is 11.8. The van der Waals surface area contributed by atoms with E-state index in [0.29, 0.717) is 0 Å². The first-order chi connectivity index (χ1) is 5.95. The molecule has 0 radical (unpaired) electrons. The van der Waals surface area contributed by atoms with Gasteiger partial charge in [-0.1, -0.05) is 24.8 Å². The SMILES string of the molecule is C=Cc1cc(P(C)(C)=O)ccc1C. The zero-order chi connectivity index (χ0) is 10.1. The van der Waals surface area contributed by atoms with Gasteiger partial charge in [-0.05, 0) is 37.4 Å². The maximum atomic E-state index is 11.8. The van der Waals surface area contributed by atoms with Crippen LogP contribution in [0.2, 0.25) is 0 Å². The highest BCUT2D eigenvalue weighted by Crippen LogP contribution is 2.34. The monoisotopic (exact) mass is 194 g/mol. The van der Waals surface area contributed by atoms with Gasteiger partial charge in [-0.15, -0.1) is 0 Å². The summed E-state index contributed by atoms with van der Waals surface area (Å²) in [5.74, 6) is 0. The van der Waals surface area contributed by atoms with Gasteiger partial charge in [0.15, 0.2) is 0 Å². The van der Waals surface area contributed by atoms with E-state index in [-0.39, 0.29) is 0 Å². The third-order valence-corrected chi connectivity index (χ3v) is 3.63. The van der Waals surface area contributed by atoms with Crippen molar-refractivity contribution >= 4 is 18.5 Å². The summed E-state index contributed by atoms with van der Waals surface area (Å²) in [7, 11) is -2.13. The standard InChI is InChI=1S/C11H15OP/c1-5-10-8-11(13(3,4)12)7-6-9(10)2/h5-8H,1H2,2-4H3. The molecule has 0 aliphatic carbocycles. The fourth-order valence-corrected chi connectivity index (χ4v) is 2.07. The van der Waals surface area contributed by atoms with Crippen LogP contribution in [0.1, 0.15) is 11.1 Å². The molecule has 0 spiro atoms. The van der Waals surface area contributed by atoms with E-state index < -0.39 is 7.14 Å². The van der Waals surface area contributed by atoms with Gasteiger partial charge in [0.1, 0.15) is 7.14 Å². The average molecular weight is 194 g/mol. The van der Waals surface area contributed by atoms with E-state index in [1.165, 1.54) is 5.56 Å². The van der Waals surface area contributed by atoms with Crippen molar-refractivity contribution in [1.82, 2.24) is 0 Å². The average Bonchev–Trinajstić information content (AvgIpc) is 2.03. The minimum absolute atomic E-state index is 0.924. The lowest BCUT2D eigenvalue weighted by atomic mass is 10.1. The van der Waals surface area contributed by atoms with E-state index in [0.717, 1.165) is 10.9 Å². The molecule has 0 unspecified atom stereocenters. The van der Waals surface area contributed by atoms with Crippen LogP contribution in [-0.2, 0) is 4.57 Å². The molecule has 1 aromatic rings. The minimum Gasteiger partial charge on any atom is -0.319 e. The van der Waals surface area contributed by atoms with Gasteiger partial charge in [0.25, 0.3) is 0 Å².